The largest absolute Gasteiger partial charge is 0.493 e. The number of ether oxygens (including phenoxy) is 3. The van der Waals surface area contributed by atoms with E-state index in [1.165, 1.54) is 50.6 Å². The Balaban J connectivity index is 2.22. The molecule has 0 aliphatic heterocycles. The number of methoxy groups -OCH3 is 2. The molecule has 0 saturated heterocycles. The quantitative estimate of drug-likeness (QED) is 0.329. The summed E-state index contributed by atoms with van der Waals surface area (Å²) in [5, 5.41) is 10.6. The molecule has 0 amide bonds. The smallest absolute Gasteiger partial charge is 0.343 e. The molecule has 0 N–H and O–H groups in total. The average Bonchev–Trinajstić information content (AvgIpc) is 2.64. The Labute approximate surface area is 143 Å². The monoisotopic (exact) mass is 345 g/mol. The van der Waals surface area contributed by atoms with Crippen molar-refractivity contribution in [2.45, 2.75) is 6.61 Å². The van der Waals surface area contributed by atoms with Gasteiger partial charge in [0.05, 0.1) is 19.1 Å². The molecule has 0 fully saturated rings. The van der Waals surface area contributed by atoms with Crippen LogP contribution in [0, 0.1) is 10.1 Å². The van der Waals surface area contributed by atoms with Crippen LogP contribution in [-0.4, -0.2) is 31.4 Å². The zero-order valence-corrected chi connectivity index (χ0v) is 13.6. The lowest BCUT2D eigenvalue weighted by Gasteiger charge is -2.14. The fourth-order valence-electron chi connectivity index (χ4n) is 2.19. The first-order valence-corrected chi connectivity index (χ1v) is 7.12. The first kappa shape index (κ1) is 17.9. The Hall–Kier alpha value is -3.42. The van der Waals surface area contributed by atoms with Gasteiger partial charge in [-0.05, 0) is 29.8 Å². The molecule has 25 heavy (non-hydrogen) atoms. The van der Waals surface area contributed by atoms with Crippen molar-refractivity contribution in [2.75, 3.05) is 14.2 Å². The molecule has 8 heteroatoms. The molecule has 0 atom stereocenters. The fraction of sp³-hybridized carbons (Fsp3) is 0.176. The van der Waals surface area contributed by atoms with E-state index in [1.807, 2.05) is 0 Å². The molecule has 0 aliphatic carbocycles. The summed E-state index contributed by atoms with van der Waals surface area (Å²) in [6.45, 7) is -0.116. The van der Waals surface area contributed by atoms with E-state index in [1.54, 1.807) is 0 Å². The Kier molecular flexibility index (Phi) is 5.67. The number of nitrogens with zero attached hydrogens (tertiary/aromatic N) is 1. The number of esters is 1. The molecule has 0 spiro atoms. The second kappa shape index (κ2) is 7.91. The third-order valence-electron chi connectivity index (χ3n) is 3.43. The summed E-state index contributed by atoms with van der Waals surface area (Å²) in [7, 11) is 2.75. The number of hydrogen-bond donors (Lipinski definition) is 0. The maximum absolute atomic E-state index is 12.4. The second-order valence-electron chi connectivity index (χ2n) is 4.88. The Morgan fingerprint density at radius 1 is 1.12 bits per heavy atom. The maximum atomic E-state index is 12.4. The molecular weight excluding hydrogens is 330 g/mol. The Bertz CT molecular complexity index is 799. The van der Waals surface area contributed by atoms with Crippen molar-refractivity contribution in [3.05, 3.63) is 63.2 Å². The van der Waals surface area contributed by atoms with Gasteiger partial charge < -0.3 is 14.2 Å². The number of nitro groups is 1. The lowest BCUT2D eigenvalue weighted by atomic mass is 10.1. The number of rotatable bonds is 7. The SMILES string of the molecule is COc1ccc(C=O)c(C(=O)OCc2ccc([N+](=O)[O-])cc2)c1OC. The Morgan fingerprint density at radius 2 is 1.80 bits per heavy atom. The molecule has 8 nitrogen and oxygen atoms in total. The minimum atomic E-state index is -0.767. The van der Waals surface area contributed by atoms with Gasteiger partial charge in [-0.25, -0.2) is 4.79 Å². The van der Waals surface area contributed by atoms with Crippen molar-refractivity contribution >= 4 is 17.9 Å². The van der Waals surface area contributed by atoms with E-state index in [0.29, 0.717) is 11.8 Å². The van der Waals surface area contributed by atoms with Crippen molar-refractivity contribution < 1.29 is 28.7 Å². The standard InChI is InChI=1S/C17H15NO7/c1-23-14-8-5-12(9-19)15(16(14)24-2)17(20)25-10-11-3-6-13(7-4-11)18(21)22/h3-9H,10H2,1-2H3. The Morgan fingerprint density at radius 3 is 2.32 bits per heavy atom. The molecule has 2 aromatic carbocycles. The van der Waals surface area contributed by atoms with Crippen molar-refractivity contribution in [2.24, 2.45) is 0 Å². The van der Waals surface area contributed by atoms with Gasteiger partial charge in [-0.15, -0.1) is 0 Å². The minimum absolute atomic E-state index is 0.0428. The van der Waals surface area contributed by atoms with E-state index >= 15 is 0 Å². The van der Waals surface area contributed by atoms with Gasteiger partial charge in [0.15, 0.2) is 17.8 Å². The van der Waals surface area contributed by atoms with Gasteiger partial charge in [-0.3, -0.25) is 14.9 Å². The molecule has 0 bridgehead atoms. The first-order chi connectivity index (χ1) is 12.0. The van der Waals surface area contributed by atoms with E-state index < -0.39 is 10.9 Å². The summed E-state index contributed by atoms with van der Waals surface area (Å²) in [4.78, 5) is 33.7. The summed E-state index contributed by atoms with van der Waals surface area (Å²) in [6, 6.07) is 8.52. The molecule has 130 valence electrons. The van der Waals surface area contributed by atoms with Crippen LogP contribution in [0.3, 0.4) is 0 Å². The zero-order valence-electron chi connectivity index (χ0n) is 13.6. The second-order valence-corrected chi connectivity index (χ2v) is 4.88. The molecule has 0 radical (unpaired) electrons. The van der Waals surface area contributed by atoms with E-state index in [9.17, 15) is 19.7 Å². The van der Waals surface area contributed by atoms with Crippen LogP contribution in [0.5, 0.6) is 11.5 Å². The predicted molar refractivity (Wildman–Crippen MR) is 87.1 cm³/mol. The van der Waals surface area contributed by atoms with Crippen molar-refractivity contribution in [3.63, 3.8) is 0 Å². The number of aldehydes is 1. The normalized spacial score (nSPS) is 10.0. The molecular formula is C17H15NO7. The van der Waals surface area contributed by atoms with Crippen molar-refractivity contribution in [3.8, 4) is 11.5 Å². The molecule has 2 aromatic rings. The van der Waals surface area contributed by atoms with Gasteiger partial charge in [0, 0.05) is 17.7 Å². The topological polar surface area (TPSA) is 105 Å². The van der Waals surface area contributed by atoms with Crippen molar-refractivity contribution in [1.29, 1.82) is 0 Å². The maximum Gasteiger partial charge on any atom is 0.343 e. The van der Waals surface area contributed by atoms with Crippen LogP contribution in [0.1, 0.15) is 26.3 Å². The van der Waals surface area contributed by atoms with Gasteiger partial charge in [-0.1, -0.05) is 0 Å². The van der Waals surface area contributed by atoms with E-state index in [4.69, 9.17) is 14.2 Å². The molecule has 0 heterocycles. The van der Waals surface area contributed by atoms with Crippen LogP contribution in [-0.2, 0) is 11.3 Å². The third kappa shape index (κ3) is 3.92. The number of non-ortho nitro benzene ring substituents is 1. The highest BCUT2D eigenvalue weighted by atomic mass is 16.6. The molecule has 0 aromatic heterocycles. The lowest BCUT2D eigenvalue weighted by Crippen LogP contribution is -2.11. The number of benzene rings is 2. The fourth-order valence-corrected chi connectivity index (χ4v) is 2.19. The highest BCUT2D eigenvalue weighted by Crippen LogP contribution is 2.33. The van der Waals surface area contributed by atoms with Crippen LogP contribution >= 0.6 is 0 Å². The number of nitro benzene ring substituents is 1. The van der Waals surface area contributed by atoms with Gasteiger partial charge in [-0.2, -0.15) is 0 Å². The highest BCUT2D eigenvalue weighted by molar-refractivity contribution is 6.01. The number of hydrogen-bond acceptors (Lipinski definition) is 7. The van der Waals surface area contributed by atoms with Crippen LogP contribution in [0.25, 0.3) is 0 Å². The molecule has 0 aliphatic rings. The predicted octanol–water partition coefficient (Wildman–Crippen LogP) is 2.78. The average molecular weight is 345 g/mol. The van der Waals surface area contributed by atoms with Crippen molar-refractivity contribution in [1.82, 2.24) is 0 Å². The molecule has 0 unspecified atom stereocenters. The third-order valence-corrected chi connectivity index (χ3v) is 3.43. The molecule has 0 saturated carbocycles. The highest BCUT2D eigenvalue weighted by Gasteiger charge is 2.22. The van der Waals surface area contributed by atoms with E-state index in [0.717, 1.165) is 0 Å². The number of carbonyl (C=O) groups excluding carboxylic acids is 2. The van der Waals surface area contributed by atoms with Gasteiger partial charge in [0.25, 0.3) is 5.69 Å². The minimum Gasteiger partial charge on any atom is -0.493 e. The zero-order chi connectivity index (χ0) is 18.4. The van der Waals surface area contributed by atoms with Crippen LogP contribution < -0.4 is 9.47 Å². The van der Waals surface area contributed by atoms with E-state index in [2.05, 4.69) is 0 Å². The lowest BCUT2D eigenvalue weighted by molar-refractivity contribution is -0.384. The first-order valence-electron chi connectivity index (χ1n) is 7.12. The van der Waals surface area contributed by atoms with E-state index in [-0.39, 0.29) is 34.9 Å². The van der Waals surface area contributed by atoms with Gasteiger partial charge in [0.1, 0.15) is 12.2 Å². The van der Waals surface area contributed by atoms with Crippen LogP contribution in [0.15, 0.2) is 36.4 Å². The molecule has 2 rings (SSSR count). The summed E-state index contributed by atoms with van der Waals surface area (Å²) in [6.07, 6.45) is 0.518. The van der Waals surface area contributed by atoms with Crippen LogP contribution in [0.4, 0.5) is 5.69 Å². The van der Waals surface area contributed by atoms with Gasteiger partial charge in [0.2, 0.25) is 0 Å². The summed E-state index contributed by atoms with van der Waals surface area (Å²) < 4.78 is 15.5. The number of carbonyl (C=O) groups is 2. The summed E-state index contributed by atoms with van der Waals surface area (Å²) >= 11 is 0. The summed E-state index contributed by atoms with van der Waals surface area (Å²) in [5.41, 5.74) is 0.561. The van der Waals surface area contributed by atoms with Crippen LogP contribution in [0.2, 0.25) is 0 Å². The van der Waals surface area contributed by atoms with Gasteiger partial charge >= 0.3 is 5.97 Å². The summed E-state index contributed by atoms with van der Waals surface area (Å²) in [5.74, 6) is -0.382.